The van der Waals surface area contributed by atoms with Gasteiger partial charge in [-0.15, -0.1) is 0 Å². The number of rotatable bonds is 7. The molecule has 0 aliphatic carbocycles. The van der Waals surface area contributed by atoms with Crippen LogP contribution in [-0.2, 0) is 16.6 Å². The summed E-state index contributed by atoms with van der Waals surface area (Å²) in [4.78, 5) is 12.7. The van der Waals surface area contributed by atoms with Gasteiger partial charge in [-0.05, 0) is 61.4 Å². The molecule has 7 heteroatoms. The Morgan fingerprint density at radius 2 is 1.60 bits per heavy atom. The molecule has 3 aromatic rings. The Hall–Kier alpha value is -3.32. The van der Waals surface area contributed by atoms with Crippen molar-refractivity contribution in [3.05, 3.63) is 89.0 Å². The Labute approximate surface area is 177 Å². The molecule has 0 unspecified atom stereocenters. The van der Waals surface area contributed by atoms with Gasteiger partial charge >= 0.3 is 0 Å². The average molecular weight is 425 g/mol. The number of anilines is 1. The first-order valence-corrected chi connectivity index (χ1v) is 10.9. The largest absolute Gasteiger partial charge is 0.497 e. The van der Waals surface area contributed by atoms with Crippen LogP contribution >= 0.6 is 0 Å². The monoisotopic (exact) mass is 424 g/mol. The molecule has 3 aromatic carbocycles. The first kappa shape index (κ1) is 21.4. The van der Waals surface area contributed by atoms with Gasteiger partial charge in [-0.2, -0.15) is 0 Å². The zero-order chi connectivity index (χ0) is 21.7. The Morgan fingerprint density at radius 1 is 0.933 bits per heavy atom. The maximum atomic E-state index is 12.8. The summed E-state index contributed by atoms with van der Waals surface area (Å²) in [7, 11) is -2.31. The van der Waals surface area contributed by atoms with Gasteiger partial charge in [-0.25, -0.2) is 8.42 Å². The predicted molar refractivity (Wildman–Crippen MR) is 117 cm³/mol. The summed E-state index contributed by atoms with van der Waals surface area (Å²) in [6.07, 6.45) is 0. The van der Waals surface area contributed by atoms with E-state index in [1.807, 2.05) is 31.2 Å². The zero-order valence-corrected chi connectivity index (χ0v) is 17.9. The van der Waals surface area contributed by atoms with Crippen LogP contribution in [-0.4, -0.2) is 21.4 Å². The van der Waals surface area contributed by atoms with Crippen LogP contribution < -0.4 is 14.8 Å². The molecular formula is C23H24N2O4S. The standard InChI is InChI=1S/C23H24N2O4S/c1-16-4-7-18(8-5-16)15-24-23(26)22-14-21(13-6-17(22)2)30(27,28)25-19-9-11-20(29-3)12-10-19/h4-14,25H,15H2,1-3H3,(H,24,26). The SMILES string of the molecule is COc1ccc(NS(=O)(=O)c2ccc(C)c(C(=O)NCc3ccc(C)cc3)c2)cc1. The number of hydrogen-bond acceptors (Lipinski definition) is 4. The van der Waals surface area contributed by atoms with Crippen molar-refractivity contribution in [1.29, 1.82) is 0 Å². The molecule has 0 bridgehead atoms. The maximum Gasteiger partial charge on any atom is 0.261 e. The molecule has 30 heavy (non-hydrogen) atoms. The fourth-order valence-electron chi connectivity index (χ4n) is 2.87. The highest BCUT2D eigenvalue weighted by Crippen LogP contribution is 2.21. The second kappa shape index (κ2) is 9.00. The van der Waals surface area contributed by atoms with Gasteiger partial charge in [0, 0.05) is 17.8 Å². The number of aryl methyl sites for hydroxylation is 2. The van der Waals surface area contributed by atoms with Crippen LogP contribution in [0, 0.1) is 13.8 Å². The normalized spacial score (nSPS) is 11.0. The topological polar surface area (TPSA) is 84.5 Å². The third kappa shape index (κ3) is 5.18. The van der Waals surface area contributed by atoms with Gasteiger partial charge in [0.15, 0.2) is 0 Å². The van der Waals surface area contributed by atoms with E-state index in [1.165, 1.54) is 19.2 Å². The second-order valence-corrected chi connectivity index (χ2v) is 8.66. The summed E-state index contributed by atoms with van der Waals surface area (Å²) in [5, 5.41) is 2.85. The maximum absolute atomic E-state index is 12.8. The smallest absolute Gasteiger partial charge is 0.261 e. The van der Waals surface area contributed by atoms with Crippen LogP contribution in [0.1, 0.15) is 27.0 Å². The van der Waals surface area contributed by atoms with Gasteiger partial charge in [0.2, 0.25) is 0 Å². The Bertz CT molecular complexity index is 1140. The van der Waals surface area contributed by atoms with Crippen molar-refractivity contribution in [3.63, 3.8) is 0 Å². The van der Waals surface area contributed by atoms with Crippen molar-refractivity contribution < 1.29 is 17.9 Å². The number of hydrogen-bond donors (Lipinski definition) is 2. The first-order valence-electron chi connectivity index (χ1n) is 9.40. The van der Waals surface area contributed by atoms with E-state index in [1.54, 1.807) is 37.3 Å². The van der Waals surface area contributed by atoms with E-state index >= 15 is 0 Å². The molecule has 0 heterocycles. The van der Waals surface area contributed by atoms with Crippen LogP contribution in [0.3, 0.4) is 0 Å². The summed E-state index contributed by atoms with van der Waals surface area (Å²) in [6.45, 7) is 4.13. The van der Waals surface area contributed by atoms with Crippen LogP contribution in [0.15, 0.2) is 71.6 Å². The summed E-state index contributed by atoms with van der Waals surface area (Å²) in [5.74, 6) is 0.301. The summed E-state index contributed by atoms with van der Waals surface area (Å²) < 4.78 is 33.2. The van der Waals surface area contributed by atoms with Crippen LogP contribution in [0.25, 0.3) is 0 Å². The van der Waals surface area contributed by atoms with Crippen LogP contribution in [0.5, 0.6) is 5.75 Å². The molecule has 2 N–H and O–H groups in total. The Kier molecular flexibility index (Phi) is 6.42. The van der Waals surface area contributed by atoms with Crippen molar-refractivity contribution in [2.24, 2.45) is 0 Å². The van der Waals surface area contributed by atoms with Gasteiger partial charge < -0.3 is 10.1 Å². The van der Waals surface area contributed by atoms with Crippen LogP contribution in [0.2, 0.25) is 0 Å². The molecule has 1 amide bonds. The van der Waals surface area contributed by atoms with Crippen molar-refractivity contribution in [1.82, 2.24) is 5.32 Å². The number of nitrogens with one attached hydrogen (secondary N) is 2. The number of carbonyl (C=O) groups excluding carboxylic acids is 1. The number of amides is 1. The molecule has 156 valence electrons. The van der Waals surface area contributed by atoms with E-state index in [0.717, 1.165) is 11.1 Å². The predicted octanol–water partition coefficient (Wildman–Crippen LogP) is 4.04. The first-order chi connectivity index (χ1) is 14.3. The minimum atomic E-state index is -3.85. The molecule has 0 fully saturated rings. The second-order valence-electron chi connectivity index (χ2n) is 6.98. The van der Waals surface area contributed by atoms with Gasteiger partial charge in [-0.1, -0.05) is 35.9 Å². The Morgan fingerprint density at radius 3 is 2.23 bits per heavy atom. The number of methoxy groups -OCH3 is 1. The summed E-state index contributed by atoms with van der Waals surface area (Å²) >= 11 is 0. The number of ether oxygens (including phenoxy) is 1. The van der Waals surface area contributed by atoms with E-state index in [9.17, 15) is 13.2 Å². The molecule has 0 atom stereocenters. The molecule has 3 rings (SSSR count). The third-order valence-electron chi connectivity index (χ3n) is 4.68. The third-order valence-corrected chi connectivity index (χ3v) is 6.06. The molecule has 0 aromatic heterocycles. The quantitative estimate of drug-likeness (QED) is 0.599. The fourth-order valence-corrected chi connectivity index (χ4v) is 3.95. The van der Waals surface area contributed by atoms with Gasteiger partial charge in [0.05, 0.1) is 12.0 Å². The summed E-state index contributed by atoms with van der Waals surface area (Å²) in [6, 6.07) is 18.9. The van der Waals surface area contributed by atoms with E-state index in [0.29, 0.717) is 29.1 Å². The molecule has 0 spiro atoms. The molecule has 0 aliphatic rings. The molecule has 0 saturated carbocycles. The lowest BCUT2D eigenvalue weighted by molar-refractivity contribution is 0.0950. The van der Waals surface area contributed by atoms with Gasteiger partial charge in [0.25, 0.3) is 15.9 Å². The zero-order valence-electron chi connectivity index (χ0n) is 17.1. The van der Waals surface area contributed by atoms with Crippen molar-refractivity contribution in [2.45, 2.75) is 25.3 Å². The van der Waals surface area contributed by atoms with E-state index in [2.05, 4.69) is 10.0 Å². The lowest BCUT2D eigenvalue weighted by Crippen LogP contribution is -2.24. The molecular weight excluding hydrogens is 400 g/mol. The van der Waals surface area contributed by atoms with Crippen molar-refractivity contribution in [2.75, 3.05) is 11.8 Å². The lowest BCUT2D eigenvalue weighted by atomic mass is 10.1. The van der Waals surface area contributed by atoms with E-state index < -0.39 is 10.0 Å². The van der Waals surface area contributed by atoms with Gasteiger partial charge in [0.1, 0.15) is 5.75 Å². The number of sulfonamides is 1. The van der Waals surface area contributed by atoms with Crippen LogP contribution in [0.4, 0.5) is 5.69 Å². The number of carbonyl (C=O) groups is 1. The summed E-state index contributed by atoms with van der Waals surface area (Å²) in [5.41, 5.74) is 3.53. The van der Waals surface area contributed by atoms with Gasteiger partial charge in [-0.3, -0.25) is 9.52 Å². The minimum absolute atomic E-state index is 0.0180. The number of benzene rings is 3. The Balaban J connectivity index is 1.77. The van der Waals surface area contributed by atoms with E-state index in [-0.39, 0.29) is 10.8 Å². The van der Waals surface area contributed by atoms with Crippen molar-refractivity contribution >= 4 is 21.6 Å². The highest BCUT2D eigenvalue weighted by Gasteiger charge is 2.18. The minimum Gasteiger partial charge on any atom is -0.497 e. The van der Waals surface area contributed by atoms with Crippen molar-refractivity contribution in [3.8, 4) is 5.75 Å². The molecule has 0 radical (unpaired) electrons. The van der Waals surface area contributed by atoms with E-state index in [4.69, 9.17) is 4.74 Å². The highest BCUT2D eigenvalue weighted by molar-refractivity contribution is 7.92. The molecule has 0 aliphatic heterocycles. The molecule has 6 nitrogen and oxygen atoms in total. The lowest BCUT2D eigenvalue weighted by Gasteiger charge is -2.12. The fraction of sp³-hybridized carbons (Fsp3) is 0.174. The highest BCUT2D eigenvalue weighted by atomic mass is 32.2. The average Bonchev–Trinajstić information content (AvgIpc) is 2.73. The molecule has 0 saturated heterocycles.